The first-order valence-electron chi connectivity index (χ1n) is 11.0. The highest BCUT2D eigenvalue weighted by atomic mass is 35.5. The van der Waals surface area contributed by atoms with Gasteiger partial charge in [0.05, 0.1) is 22.3 Å². The number of carbonyl (C=O) groups is 1. The van der Waals surface area contributed by atoms with Gasteiger partial charge in [0.15, 0.2) is 5.69 Å². The van der Waals surface area contributed by atoms with Crippen molar-refractivity contribution in [3.8, 4) is 11.8 Å². The molecule has 3 aromatic carbocycles. The number of hydrogen-bond acceptors (Lipinski definition) is 5. The minimum atomic E-state index is -4.04. The molecule has 0 amide bonds. The fourth-order valence-electron chi connectivity index (χ4n) is 4.06. The highest BCUT2D eigenvalue weighted by molar-refractivity contribution is 7.93. The highest BCUT2D eigenvalue weighted by Crippen LogP contribution is 2.29. The molecule has 2 N–H and O–H groups in total. The van der Waals surface area contributed by atoms with Gasteiger partial charge in [-0.2, -0.15) is 0 Å². The lowest BCUT2D eigenvalue weighted by Crippen LogP contribution is -2.16. The molecular formula is C28H18ClN3O4S. The molecule has 37 heavy (non-hydrogen) atoms. The Bertz CT molecular complexity index is 1890. The van der Waals surface area contributed by atoms with Crippen LogP contribution in [0.1, 0.15) is 27.2 Å². The van der Waals surface area contributed by atoms with Crippen LogP contribution >= 0.6 is 11.6 Å². The highest BCUT2D eigenvalue weighted by Gasteiger charge is 2.22. The number of pyridine rings is 2. The number of halogens is 1. The van der Waals surface area contributed by atoms with E-state index in [0.29, 0.717) is 43.4 Å². The van der Waals surface area contributed by atoms with Crippen LogP contribution in [0.4, 0.5) is 5.69 Å². The maximum atomic E-state index is 13.5. The Hall–Kier alpha value is -4.45. The number of rotatable bonds is 4. The van der Waals surface area contributed by atoms with E-state index in [1.807, 2.05) is 6.07 Å². The van der Waals surface area contributed by atoms with Crippen LogP contribution in [0.15, 0.2) is 84.0 Å². The number of anilines is 1. The van der Waals surface area contributed by atoms with Crippen LogP contribution in [0.2, 0.25) is 5.02 Å². The second-order valence-corrected chi connectivity index (χ2v) is 10.3. The van der Waals surface area contributed by atoms with E-state index in [9.17, 15) is 18.3 Å². The maximum Gasteiger partial charge on any atom is 0.355 e. The second-order valence-electron chi connectivity index (χ2n) is 8.20. The molecule has 0 aliphatic rings. The van der Waals surface area contributed by atoms with Crippen LogP contribution in [0.3, 0.4) is 0 Å². The summed E-state index contributed by atoms with van der Waals surface area (Å²) in [4.78, 5) is 20.0. The zero-order valence-electron chi connectivity index (χ0n) is 19.4. The molecule has 0 unspecified atom stereocenters. The van der Waals surface area contributed by atoms with E-state index >= 15 is 0 Å². The van der Waals surface area contributed by atoms with E-state index in [2.05, 4.69) is 26.5 Å². The smallest absolute Gasteiger partial charge is 0.355 e. The summed E-state index contributed by atoms with van der Waals surface area (Å²) in [7, 11) is -4.04. The Labute approximate surface area is 217 Å². The first-order chi connectivity index (χ1) is 17.7. The minimum absolute atomic E-state index is 0.0728. The number of aryl methyl sites for hydroxylation is 1. The fraction of sp³-hybridized carbons (Fsp3) is 0.0357. The Morgan fingerprint density at radius 1 is 0.946 bits per heavy atom. The summed E-state index contributed by atoms with van der Waals surface area (Å²) in [5.41, 5.74) is 1.92. The molecule has 0 fully saturated rings. The third-order valence-electron chi connectivity index (χ3n) is 5.75. The number of benzene rings is 3. The van der Waals surface area contributed by atoms with Gasteiger partial charge in [0.2, 0.25) is 0 Å². The van der Waals surface area contributed by atoms with Crippen molar-refractivity contribution < 1.29 is 18.3 Å². The van der Waals surface area contributed by atoms with Gasteiger partial charge in [0.1, 0.15) is 4.90 Å². The molecule has 0 saturated carbocycles. The van der Waals surface area contributed by atoms with Crippen molar-refractivity contribution in [2.75, 3.05) is 4.72 Å². The van der Waals surface area contributed by atoms with Crippen LogP contribution in [0, 0.1) is 18.8 Å². The zero-order valence-corrected chi connectivity index (χ0v) is 20.9. The molecule has 2 aromatic heterocycles. The van der Waals surface area contributed by atoms with Crippen LogP contribution in [-0.2, 0) is 10.0 Å². The number of aromatic nitrogens is 2. The number of hydrogen-bond donors (Lipinski definition) is 2. The predicted molar refractivity (Wildman–Crippen MR) is 143 cm³/mol. The lowest BCUT2D eigenvalue weighted by atomic mass is 10.0. The number of nitrogens with one attached hydrogen (secondary N) is 1. The predicted octanol–water partition coefficient (Wildman–Crippen LogP) is 5.64. The molecule has 0 bridgehead atoms. The Morgan fingerprint density at radius 3 is 2.49 bits per heavy atom. The van der Waals surface area contributed by atoms with Gasteiger partial charge in [0, 0.05) is 33.6 Å². The van der Waals surface area contributed by atoms with Crippen molar-refractivity contribution in [1.29, 1.82) is 0 Å². The number of fused-ring (bicyclic) bond motifs is 2. The van der Waals surface area contributed by atoms with Crippen molar-refractivity contribution in [3.63, 3.8) is 0 Å². The van der Waals surface area contributed by atoms with Gasteiger partial charge in [-0.3, -0.25) is 9.71 Å². The van der Waals surface area contributed by atoms with Crippen LogP contribution < -0.4 is 4.72 Å². The van der Waals surface area contributed by atoms with Crippen molar-refractivity contribution >= 4 is 55.0 Å². The van der Waals surface area contributed by atoms with E-state index in [-0.39, 0.29) is 16.3 Å². The molecule has 9 heteroatoms. The Morgan fingerprint density at radius 2 is 1.70 bits per heavy atom. The van der Waals surface area contributed by atoms with Gasteiger partial charge in [-0.25, -0.2) is 18.2 Å². The summed E-state index contributed by atoms with van der Waals surface area (Å²) in [6.07, 6.45) is 2.94. The van der Waals surface area contributed by atoms with Crippen molar-refractivity contribution in [2.45, 2.75) is 11.8 Å². The monoisotopic (exact) mass is 527 g/mol. The number of carboxylic acid groups (broad SMARTS) is 1. The van der Waals surface area contributed by atoms with Crippen molar-refractivity contribution in [3.05, 3.63) is 107 Å². The first kappa shape index (κ1) is 24.3. The standard InChI is InChI=1S/C28H18ClN3O4S/c1-17-8-9-18-5-4-14-30-25(18)27(17)37(35,36)32-24-13-12-21(29)15-19(24)10-11-20-16-31-26(28(33)34)23-7-3-2-6-22(20)23/h2-9,12-16,32H,1H3,(H,33,34). The van der Waals surface area contributed by atoms with E-state index in [4.69, 9.17) is 11.6 Å². The molecule has 5 aromatic rings. The molecule has 5 rings (SSSR count). The molecule has 182 valence electrons. The molecule has 7 nitrogen and oxygen atoms in total. The third-order valence-corrected chi connectivity index (χ3v) is 7.53. The van der Waals surface area contributed by atoms with E-state index in [0.717, 1.165) is 0 Å². The molecular weight excluding hydrogens is 510 g/mol. The summed E-state index contributed by atoms with van der Waals surface area (Å²) >= 11 is 6.21. The largest absolute Gasteiger partial charge is 0.476 e. The van der Waals surface area contributed by atoms with Crippen LogP contribution in [0.25, 0.3) is 21.7 Å². The van der Waals surface area contributed by atoms with E-state index in [1.165, 1.54) is 6.20 Å². The minimum Gasteiger partial charge on any atom is -0.476 e. The number of aromatic carboxylic acids is 1. The average Bonchev–Trinajstić information content (AvgIpc) is 2.88. The molecule has 0 aliphatic carbocycles. The Kier molecular flexibility index (Phi) is 6.25. The third kappa shape index (κ3) is 4.70. The Balaban J connectivity index is 1.60. The number of carboxylic acids is 1. The summed E-state index contributed by atoms with van der Waals surface area (Å²) in [5, 5.41) is 11.6. The summed E-state index contributed by atoms with van der Waals surface area (Å²) in [5.74, 6) is 4.83. The average molecular weight is 528 g/mol. The molecule has 0 saturated heterocycles. The molecule has 0 spiro atoms. The molecule has 0 radical (unpaired) electrons. The first-order valence-corrected chi connectivity index (χ1v) is 12.9. The SMILES string of the molecule is Cc1ccc2cccnc2c1S(=O)(=O)Nc1ccc(Cl)cc1C#Cc1cnc(C(=O)O)c2ccccc12. The number of nitrogens with zero attached hydrogens (tertiary/aromatic N) is 2. The van der Waals surface area contributed by atoms with Gasteiger partial charge in [0.25, 0.3) is 10.0 Å². The summed E-state index contributed by atoms with van der Waals surface area (Å²) in [6.45, 7) is 1.71. The van der Waals surface area contributed by atoms with Gasteiger partial charge in [-0.15, -0.1) is 0 Å². The maximum absolute atomic E-state index is 13.5. The van der Waals surface area contributed by atoms with Crippen LogP contribution in [0.5, 0.6) is 0 Å². The lowest BCUT2D eigenvalue weighted by Gasteiger charge is -2.14. The molecule has 0 atom stereocenters. The van der Waals surface area contributed by atoms with Crippen LogP contribution in [-0.4, -0.2) is 29.5 Å². The quantitative estimate of drug-likeness (QED) is 0.293. The van der Waals surface area contributed by atoms with Crippen molar-refractivity contribution in [2.24, 2.45) is 0 Å². The number of sulfonamides is 1. The van der Waals surface area contributed by atoms with E-state index in [1.54, 1.807) is 73.8 Å². The van der Waals surface area contributed by atoms with Gasteiger partial charge in [-0.05, 0) is 36.8 Å². The zero-order chi connectivity index (χ0) is 26.2. The van der Waals surface area contributed by atoms with Crippen molar-refractivity contribution in [1.82, 2.24) is 9.97 Å². The normalized spacial score (nSPS) is 11.2. The molecule has 0 aliphatic heterocycles. The lowest BCUT2D eigenvalue weighted by molar-refractivity contribution is 0.0693. The second kappa shape index (κ2) is 9.54. The van der Waals surface area contributed by atoms with E-state index < -0.39 is 16.0 Å². The van der Waals surface area contributed by atoms with Gasteiger partial charge < -0.3 is 5.11 Å². The molecule has 2 heterocycles. The van der Waals surface area contributed by atoms with Gasteiger partial charge in [-0.1, -0.05) is 65.9 Å². The topological polar surface area (TPSA) is 109 Å². The summed E-state index contributed by atoms with van der Waals surface area (Å²) in [6, 6.07) is 18.7. The fourth-order valence-corrected chi connectivity index (χ4v) is 5.72. The van der Waals surface area contributed by atoms with Gasteiger partial charge >= 0.3 is 5.97 Å². The summed E-state index contributed by atoms with van der Waals surface area (Å²) < 4.78 is 29.7.